The van der Waals surface area contributed by atoms with Gasteiger partial charge in [0.2, 0.25) is 23.6 Å². The Bertz CT molecular complexity index is 2970. The SMILES string of the molecule is CCCCC[C@H](N[C@@H](C)C(=O)N1[C@H](C(=O)O)C[C@@H]2CCCC[C@@H]21)C(=O)O.CCCCC[C@H](N[C@@H](C)C(=O)N1[C@H](C(=O)O)C[C@@H]2CCCC[C@@H]21)C(=O)OCC.CCOC(=O)[C@H](CC1CC1)N[C@@H](C)C(=O)N1[C@H](C(=O)O)C[C@@H]2CCCC[C@@H]21.C[C@H](N[C@@H](CC1CC1)C(=O)O)C(=O)N1[C@H](C(=O)O)C[C@@H]2CCCC[C@@H]21. The van der Waals surface area contributed by atoms with Crippen LogP contribution in [0.25, 0.3) is 0 Å². The van der Waals surface area contributed by atoms with E-state index in [9.17, 15) is 88.2 Å². The Kier molecular flexibility index (Phi) is 34.3. The van der Waals surface area contributed by atoms with E-state index in [2.05, 4.69) is 35.1 Å². The summed E-state index contributed by atoms with van der Waals surface area (Å²) in [7, 11) is 0. The third-order valence-electron chi connectivity index (χ3n) is 24.3. The number of carboxylic acids is 6. The molecule has 4 aliphatic heterocycles. The number of esters is 2. The second-order valence-corrected chi connectivity index (χ2v) is 32.1. The average Bonchev–Trinajstić information content (AvgIpc) is 1.65. The van der Waals surface area contributed by atoms with Gasteiger partial charge in [-0.1, -0.05) is 129 Å². The van der Waals surface area contributed by atoms with Gasteiger partial charge in [0, 0.05) is 24.2 Å². The molecular formula is C78H128N8O20. The van der Waals surface area contributed by atoms with Gasteiger partial charge in [0.1, 0.15) is 48.3 Å². The number of unbranched alkanes of at least 4 members (excludes halogenated alkanes) is 4. The second-order valence-electron chi connectivity index (χ2n) is 32.1. The van der Waals surface area contributed by atoms with E-state index in [1.54, 1.807) is 56.2 Å². The first-order valence-electron chi connectivity index (χ1n) is 40.6. The van der Waals surface area contributed by atoms with Gasteiger partial charge in [-0.05, 0) is 180 Å². The van der Waals surface area contributed by atoms with Crippen LogP contribution in [0.15, 0.2) is 0 Å². The van der Waals surface area contributed by atoms with Gasteiger partial charge in [-0.2, -0.15) is 0 Å². The summed E-state index contributed by atoms with van der Waals surface area (Å²) in [5.41, 5.74) is 0. The van der Waals surface area contributed by atoms with Gasteiger partial charge in [0.15, 0.2) is 0 Å². The number of hydrogen-bond acceptors (Lipinski definition) is 18. The Balaban J connectivity index is 0.000000197. The van der Waals surface area contributed by atoms with E-state index in [0.717, 1.165) is 167 Å². The van der Waals surface area contributed by atoms with Crippen LogP contribution in [0.4, 0.5) is 0 Å². The molecule has 6 aliphatic carbocycles. The minimum Gasteiger partial charge on any atom is -0.480 e. The highest BCUT2D eigenvalue weighted by molar-refractivity contribution is 5.91. The van der Waals surface area contributed by atoms with E-state index in [1.165, 1.54) is 4.90 Å². The van der Waals surface area contributed by atoms with E-state index in [4.69, 9.17) is 9.47 Å². The molecule has 10 fully saturated rings. The Morgan fingerprint density at radius 2 is 0.594 bits per heavy atom. The van der Waals surface area contributed by atoms with Gasteiger partial charge < -0.3 is 59.7 Å². The van der Waals surface area contributed by atoms with E-state index >= 15 is 0 Å². The van der Waals surface area contributed by atoms with E-state index in [1.807, 2.05) is 0 Å². The third kappa shape index (κ3) is 23.7. The monoisotopic (exact) mass is 1500 g/mol. The number of nitrogens with zero attached hydrogens (tertiary/aromatic N) is 4. The summed E-state index contributed by atoms with van der Waals surface area (Å²) in [6.07, 6.45) is 30.2. The number of carbonyl (C=O) groups is 12. The molecule has 600 valence electrons. The molecule has 4 heterocycles. The molecule has 0 radical (unpaired) electrons. The van der Waals surface area contributed by atoms with Crippen molar-refractivity contribution in [2.24, 2.45) is 35.5 Å². The molecule has 28 heteroatoms. The normalized spacial score (nSPS) is 28.7. The predicted molar refractivity (Wildman–Crippen MR) is 392 cm³/mol. The van der Waals surface area contributed by atoms with Crippen LogP contribution in [0, 0.1) is 35.5 Å². The number of hydrogen-bond donors (Lipinski definition) is 10. The fourth-order valence-corrected chi connectivity index (χ4v) is 18.5. The lowest BCUT2D eigenvalue weighted by Gasteiger charge is -2.35. The van der Waals surface area contributed by atoms with Gasteiger partial charge in [-0.3, -0.25) is 59.6 Å². The highest BCUT2D eigenvalue weighted by Gasteiger charge is 2.53. The summed E-state index contributed by atoms with van der Waals surface area (Å²) in [4.78, 5) is 153. The second kappa shape index (κ2) is 41.9. The number of nitrogens with one attached hydrogen (secondary N) is 4. The summed E-state index contributed by atoms with van der Waals surface area (Å²) in [6, 6.07) is -8.32. The summed E-state index contributed by atoms with van der Waals surface area (Å²) < 4.78 is 10.3. The van der Waals surface area contributed by atoms with E-state index in [0.29, 0.717) is 76.4 Å². The molecule has 28 nitrogen and oxygen atoms in total. The van der Waals surface area contributed by atoms with Crippen molar-refractivity contribution in [3.63, 3.8) is 0 Å². The number of rotatable bonds is 34. The molecule has 106 heavy (non-hydrogen) atoms. The summed E-state index contributed by atoms with van der Waals surface area (Å²) in [5.74, 6) is -5.33. The van der Waals surface area contributed by atoms with Gasteiger partial charge in [-0.15, -0.1) is 0 Å². The molecule has 6 saturated carbocycles. The van der Waals surface area contributed by atoms with Crippen LogP contribution in [0.5, 0.6) is 0 Å². The highest BCUT2D eigenvalue weighted by Crippen LogP contribution is 2.45. The van der Waals surface area contributed by atoms with Crippen molar-refractivity contribution in [3.05, 3.63) is 0 Å². The fourth-order valence-electron chi connectivity index (χ4n) is 18.5. The fraction of sp³-hybridized carbons (Fsp3) is 0.846. The number of amides is 4. The Morgan fingerprint density at radius 3 is 0.868 bits per heavy atom. The topological polar surface area (TPSA) is 406 Å². The van der Waals surface area contributed by atoms with Crippen molar-refractivity contribution < 1.29 is 97.6 Å². The van der Waals surface area contributed by atoms with Gasteiger partial charge in [0.25, 0.3) is 0 Å². The highest BCUT2D eigenvalue weighted by atomic mass is 16.5. The molecule has 10 rings (SSSR count). The lowest BCUT2D eigenvalue weighted by Crippen LogP contribution is -2.55. The summed E-state index contributed by atoms with van der Waals surface area (Å²) in [5, 5.41) is 69.4. The first-order valence-corrected chi connectivity index (χ1v) is 40.6. The van der Waals surface area contributed by atoms with Crippen molar-refractivity contribution >= 4 is 71.4 Å². The number of ether oxygens (including phenoxy) is 2. The Labute approximate surface area is 626 Å². The molecule has 0 aromatic carbocycles. The molecule has 0 spiro atoms. The molecule has 0 aromatic rings. The molecule has 20 atom stereocenters. The quantitative estimate of drug-likeness (QED) is 0.0213. The molecular weight excluding hydrogens is 1370 g/mol. The number of aliphatic carboxylic acids is 6. The Hall–Kier alpha value is -6.52. The van der Waals surface area contributed by atoms with Crippen LogP contribution in [-0.4, -0.2) is 232 Å². The zero-order valence-electron chi connectivity index (χ0n) is 64.3. The van der Waals surface area contributed by atoms with Crippen LogP contribution in [0.3, 0.4) is 0 Å². The van der Waals surface area contributed by atoms with Crippen molar-refractivity contribution in [2.45, 2.75) is 370 Å². The van der Waals surface area contributed by atoms with Gasteiger partial charge in [0.05, 0.1) is 37.4 Å². The number of carboxylic acid groups (broad SMARTS) is 6. The largest absolute Gasteiger partial charge is 0.480 e. The predicted octanol–water partition coefficient (Wildman–Crippen LogP) is 8.37. The maximum atomic E-state index is 13.2. The number of likely N-dealkylation sites (tertiary alicyclic amines) is 4. The molecule has 0 bridgehead atoms. The summed E-state index contributed by atoms with van der Waals surface area (Å²) >= 11 is 0. The maximum absolute atomic E-state index is 13.2. The molecule has 0 unspecified atom stereocenters. The van der Waals surface area contributed by atoms with Crippen LogP contribution >= 0.6 is 0 Å². The average molecular weight is 1500 g/mol. The van der Waals surface area contributed by atoms with Crippen molar-refractivity contribution in [3.8, 4) is 0 Å². The van der Waals surface area contributed by atoms with Crippen molar-refractivity contribution in [1.29, 1.82) is 0 Å². The smallest absolute Gasteiger partial charge is 0.326 e. The van der Waals surface area contributed by atoms with Gasteiger partial charge >= 0.3 is 47.8 Å². The van der Waals surface area contributed by atoms with Crippen LogP contribution < -0.4 is 21.3 Å². The molecule has 4 saturated heterocycles. The van der Waals surface area contributed by atoms with Crippen molar-refractivity contribution in [2.75, 3.05) is 13.2 Å². The standard InChI is InChI=1S/C21H36N2O5.C20H32N2O5.C19H32N2O5.C18H28N2O5/c1-4-6-7-11-16(21(27)28-5-2)22-14(3)19(24)23-17-12-9-8-10-15(17)13-18(23)20(25)26;1-3-27-20(26)15(10-13-8-9-13)21-12(2)18(23)22-16-7-5-4-6-14(16)11-17(22)19(24)25;1-3-4-5-9-14(18(23)24)20-12(2)17(22)21-15-10-7-6-8-13(15)11-16(21)19(25)26;1-10(19-13(17(22)23)8-11-6-7-11)16(21)20-14-5-3-2-4-12(14)9-15(20)18(24)25/h14-18,22H,4-13H2,1-3H3,(H,25,26);12-17,21H,3-11H2,1-2H3,(H,24,25);12-16,20H,3-11H2,1-2H3,(H,23,24)(H,25,26);10-15,19H,2-9H2,1H3,(H,22,23)(H,24,25)/t14-,15-,16-,17-,18-;12-,14-,15-,16-,17-;12-,13-,14-,15-,16-;10-,12-,13-,14-,15-/m0000/s1. The first kappa shape index (κ1) is 86.7. The molecule has 4 amide bonds. The third-order valence-corrected chi connectivity index (χ3v) is 24.3. The minimum atomic E-state index is -0.965. The zero-order valence-corrected chi connectivity index (χ0v) is 64.3. The Morgan fingerprint density at radius 1 is 0.340 bits per heavy atom. The molecule has 10 N–H and O–H groups in total. The van der Waals surface area contributed by atoms with Crippen molar-refractivity contribution in [1.82, 2.24) is 40.9 Å². The lowest BCUT2D eigenvalue weighted by atomic mass is 9.84. The van der Waals surface area contributed by atoms with Crippen LogP contribution in [0.1, 0.15) is 274 Å². The number of carbonyl (C=O) groups excluding carboxylic acids is 6. The molecule has 0 aromatic heterocycles. The maximum Gasteiger partial charge on any atom is 0.326 e. The van der Waals surface area contributed by atoms with E-state index in [-0.39, 0.29) is 83.4 Å². The minimum absolute atomic E-state index is 0.00716. The summed E-state index contributed by atoms with van der Waals surface area (Å²) in [6.45, 7) is 15.0. The number of fused-ring (bicyclic) bond motifs is 4. The first-order chi connectivity index (χ1) is 50.6. The lowest BCUT2D eigenvalue weighted by molar-refractivity contribution is -0.152. The van der Waals surface area contributed by atoms with E-state index < -0.39 is 108 Å². The van der Waals surface area contributed by atoms with Gasteiger partial charge in [-0.25, -0.2) is 19.2 Å². The zero-order chi connectivity index (χ0) is 77.6. The van der Waals surface area contributed by atoms with Crippen LogP contribution in [-0.2, 0) is 67.0 Å². The van der Waals surface area contributed by atoms with Crippen LogP contribution in [0.2, 0.25) is 0 Å². The molecule has 10 aliphatic rings.